The van der Waals surface area contributed by atoms with Crippen LogP contribution in [0.1, 0.15) is 43.7 Å². The van der Waals surface area contributed by atoms with Crippen molar-refractivity contribution in [2.45, 2.75) is 50.1 Å². The van der Waals surface area contributed by atoms with E-state index in [1.165, 1.54) is 18.2 Å². The van der Waals surface area contributed by atoms with Crippen molar-refractivity contribution in [2.75, 3.05) is 13.1 Å². The maximum atomic E-state index is 13.2. The number of nitrogens with zero attached hydrogens (tertiary/aromatic N) is 1. The first-order valence-electron chi connectivity index (χ1n) is 12.4. The van der Waals surface area contributed by atoms with Gasteiger partial charge in [0.25, 0.3) is 5.91 Å². The van der Waals surface area contributed by atoms with E-state index in [-0.39, 0.29) is 41.1 Å². The number of benzene rings is 2. The quantitative estimate of drug-likeness (QED) is 0.433. The molecule has 0 spiro atoms. The minimum Gasteiger partial charge on any atom is -0.451 e. The largest absolute Gasteiger partial charge is 0.451 e. The van der Waals surface area contributed by atoms with Crippen LogP contribution in [0, 0.1) is 5.92 Å². The van der Waals surface area contributed by atoms with E-state index in [0.717, 1.165) is 9.69 Å². The van der Waals surface area contributed by atoms with E-state index in [0.29, 0.717) is 18.4 Å². The molecule has 1 fully saturated rings. The Morgan fingerprint density at radius 3 is 2.61 bits per heavy atom. The van der Waals surface area contributed by atoms with Crippen LogP contribution in [0.25, 0.3) is 11.0 Å². The molecule has 3 aromatic rings. The summed E-state index contributed by atoms with van der Waals surface area (Å²) in [7, 11) is -3.93. The highest BCUT2D eigenvalue weighted by atomic mass is 35.5. The third-order valence-corrected chi connectivity index (χ3v) is 8.43. The average molecular weight is 560 g/mol. The van der Waals surface area contributed by atoms with Crippen molar-refractivity contribution in [1.29, 1.82) is 0 Å². The van der Waals surface area contributed by atoms with Crippen molar-refractivity contribution in [1.82, 2.24) is 14.9 Å². The minimum absolute atomic E-state index is 0.00517. The number of halogens is 1. The third-order valence-electron chi connectivity index (χ3n) is 6.35. The number of fused-ring (bicyclic) bond motifs is 1. The van der Waals surface area contributed by atoms with Crippen molar-refractivity contribution < 1.29 is 27.2 Å². The van der Waals surface area contributed by atoms with Crippen molar-refractivity contribution in [3.8, 4) is 0 Å². The molecular weight excluding hydrogens is 530 g/mol. The standard InChI is InChI=1S/C27H30ClN3O6S/c1-17(2)13-22(30-27(34)25-14-18-7-3-4-11-24(18)37-25)26(33)29-21-10-6-12-31(16-23(21)32)38(35,36)20-9-5-8-19(28)15-20/h3-5,7-9,11,14-15,17,21-22H,6,10,12-13,16H2,1-2H3,(H,29,33)(H,30,34). The van der Waals surface area contributed by atoms with E-state index in [2.05, 4.69) is 10.6 Å². The lowest BCUT2D eigenvalue weighted by Crippen LogP contribution is -2.52. The lowest BCUT2D eigenvalue weighted by atomic mass is 10.0. The molecule has 0 saturated carbocycles. The fourth-order valence-electron chi connectivity index (χ4n) is 4.43. The number of ketones is 1. The van der Waals surface area contributed by atoms with E-state index < -0.39 is 39.7 Å². The van der Waals surface area contributed by atoms with Crippen LogP contribution in [-0.4, -0.2) is 55.5 Å². The van der Waals surface area contributed by atoms with Gasteiger partial charge in [-0.3, -0.25) is 14.4 Å². The van der Waals surface area contributed by atoms with Gasteiger partial charge >= 0.3 is 0 Å². The second-order valence-electron chi connectivity index (χ2n) is 9.77. The highest BCUT2D eigenvalue weighted by molar-refractivity contribution is 7.89. The predicted molar refractivity (Wildman–Crippen MR) is 143 cm³/mol. The second kappa shape index (κ2) is 11.7. The molecule has 2 N–H and O–H groups in total. The van der Waals surface area contributed by atoms with Crippen LogP contribution < -0.4 is 10.6 Å². The molecule has 1 aliphatic heterocycles. The SMILES string of the molecule is CC(C)CC(NC(=O)c1cc2ccccc2o1)C(=O)NC1CCCN(S(=O)(=O)c2cccc(Cl)c2)CC1=O. The lowest BCUT2D eigenvalue weighted by molar-refractivity contribution is -0.129. The number of hydrogen-bond donors (Lipinski definition) is 2. The highest BCUT2D eigenvalue weighted by Crippen LogP contribution is 2.23. The number of hydrogen-bond acceptors (Lipinski definition) is 6. The smallest absolute Gasteiger partial charge is 0.287 e. The molecule has 2 aromatic carbocycles. The molecule has 9 nitrogen and oxygen atoms in total. The predicted octanol–water partition coefficient (Wildman–Crippen LogP) is 3.77. The van der Waals surface area contributed by atoms with Gasteiger partial charge in [-0.1, -0.05) is 49.7 Å². The summed E-state index contributed by atoms with van der Waals surface area (Å²) in [5, 5.41) is 6.52. The number of sulfonamides is 1. The molecule has 0 radical (unpaired) electrons. The van der Waals surface area contributed by atoms with Gasteiger partial charge in [0.05, 0.1) is 17.5 Å². The first-order valence-corrected chi connectivity index (χ1v) is 14.2. The minimum atomic E-state index is -3.93. The van der Waals surface area contributed by atoms with Crippen molar-refractivity contribution in [3.05, 3.63) is 65.4 Å². The Morgan fingerprint density at radius 1 is 1.13 bits per heavy atom. The van der Waals surface area contributed by atoms with E-state index >= 15 is 0 Å². The molecule has 11 heteroatoms. The third kappa shape index (κ3) is 6.43. The highest BCUT2D eigenvalue weighted by Gasteiger charge is 2.34. The maximum absolute atomic E-state index is 13.2. The van der Waals surface area contributed by atoms with Gasteiger partial charge in [-0.25, -0.2) is 8.42 Å². The average Bonchev–Trinajstić information content (AvgIpc) is 3.22. The first-order chi connectivity index (χ1) is 18.0. The maximum Gasteiger partial charge on any atom is 0.287 e. The van der Waals surface area contributed by atoms with Crippen LogP contribution in [0.15, 0.2) is 63.9 Å². The van der Waals surface area contributed by atoms with E-state index in [4.69, 9.17) is 16.0 Å². The molecule has 2 heterocycles. The summed E-state index contributed by atoms with van der Waals surface area (Å²) in [6, 6.07) is 12.9. The first kappa shape index (κ1) is 27.8. The van der Waals surface area contributed by atoms with Crippen LogP contribution in [0.4, 0.5) is 0 Å². The van der Waals surface area contributed by atoms with Gasteiger partial charge in [0.2, 0.25) is 15.9 Å². The Balaban J connectivity index is 1.44. The van der Waals surface area contributed by atoms with E-state index in [1.54, 1.807) is 24.3 Å². The lowest BCUT2D eigenvalue weighted by Gasteiger charge is -2.23. The molecule has 1 aliphatic rings. The van der Waals surface area contributed by atoms with Crippen LogP contribution in [0.3, 0.4) is 0 Å². The summed E-state index contributed by atoms with van der Waals surface area (Å²) >= 11 is 5.96. The van der Waals surface area contributed by atoms with Crippen molar-refractivity contribution in [2.24, 2.45) is 5.92 Å². The molecule has 0 bridgehead atoms. The van der Waals surface area contributed by atoms with Gasteiger partial charge in [0.15, 0.2) is 11.5 Å². The Bertz CT molecular complexity index is 1420. The van der Waals surface area contributed by atoms with Crippen molar-refractivity contribution >= 4 is 50.2 Å². The van der Waals surface area contributed by atoms with Crippen LogP contribution >= 0.6 is 11.6 Å². The zero-order chi connectivity index (χ0) is 27.4. The molecule has 4 rings (SSSR count). The Hall–Kier alpha value is -3.21. The topological polar surface area (TPSA) is 126 Å². The zero-order valence-corrected chi connectivity index (χ0v) is 22.7. The second-order valence-corrected chi connectivity index (χ2v) is 12.1. The number of carbonyl (C=O) groups is 3. The number of Topliss-reactive ketones (excluding diaryl/α,β-unsaturated/α-hetero) is 1. The van der Waals surface area contributed by atoms with Crippen molar-refractivity contribution in [3.63, 3.8) is 0 Å². The molecule has 2 unspecified atom stereocenters. The fourth-order valence-corrected chi connectivity index (χ4v) is 6.17. The number of carbonyl (C=O) groups excluding carboxylic acids is 3. The number of furan rings is 1. The molecule has 1 aromatic heterocycles. The van der Waals surface area contributed by atoms with E-state index in [1.807, 2.05) is 26.0 Å². The number of nitrogens with one attached hydrogen (secondary N) is 2. The van der Waals surface area contributed by atoms with Gasteiger partial charge in [-0.2, -0.15) is 4.31 Å². The van der Waals surface area contributed by atoms with Crippen LogP contribution in [-0.2, 0) is 19.6 Å². The van der Waals surface area contributed by atoms with Crippen LogP contribution in [0.5, 0.6) is 0 Å². The Kier molecular flexibility index (Phi) is 8.54. The van der Waals surface area contributed by atoms with Gasteiger partial charge in [0, 0.05) is 17.0 Å². The summed E-state index contributed by atoms with van der Waals surface area (Å²) in [5.41, 5.74) is 0.559. The van der Waals surface area contributed by atoms with Crippen LogP contribution in [0.2, 0.25) is 5.02 Å². The fraction of sp³-hybridized carbons (Fsp3) is 0.370. The molecule has 2 atom stereocenters. The number of rotatable bonds is 8. The molecule has 0 aliphatic carbocycles. The Labute approximate surface area is 226 Å². The summed E-state index contributed by atoms with van der Waals surface area (Å²) in [6.45, 7) is 3.59. The summed E-state index contributed by atoms with van der Waals surface area (Å²) in [5.74, 6) is -1.31. The molecule has 38 heavy (non-hydrogen) atoms. The summed E-state index contributed by atoms with van der Waals surface area (Å²) < 4.78 is 32.9. The Morgan fingerprint density at radius 2 is 1.89 bits per heavy atom. The molecule has 2 amide bonds. The molecular formula is C27H30ClN3O6S. The number of para-hydroxylation sites is 1. The monoisotopic (exact) mass is 559 g/mol. The molecule has 1 saturated heterocycles. The normalized spacial score (nSPS) is 17.8. The molecule has 202 valence electrons. The van der Waals surface area contributed by atoms with Gasteiger partial charge in [0.1, 0.15) is 11.6 Å². The van der Waals surface area contributed by atoms with E-state index in [9.17, 15) is 22.8 Å². The summed E-state index contributed by atoms with van der Waals surface area (Å²) in [4.78, 5) is 39.2. The van der Waals surface area contributed by atoms with Gasteiger partial charge in [-0.05, 0) is 55.5 Å². The van der Waals surface area contributed by atoms with Gasteiger partial charge in [-0.15, -0.1) is 0 Å². The summed E-state index contributed by atoms with van der Waals surface area (Å²) in [6.07, 6.45) is 0.989. The van der Waals surface area contributed by atoms with Gasteiger partial charge < -0.3 is 15.1 Å². The zero-order valence-electron chi connectivity index (χ0n) is 21.1. The number of amides is 2.